The summed E-state index contributed by atoms with van der Waals surface area (Å²) < 4.78 is 3.90. The van der Waals surface area contributed by atoms with E-state index in [0.29, 0.717) is 11.7 Å². The largest absolute Gasteiger partial charge is 0.463 e. The molecule has 1 fully saturated rings. The van der Waals surface area contributed by atoms with Crippen LogP contribution in [0, 0.1) is 0 Å². The minimum absolute atomic E-state index is 0.509. The Bertz CT molecular complexity index is 282. The molecule has 2 rings (SSSR count). The van der Waals surface area contributed by atoms with Crippen LogP contribution in [-0.4, -0.2) is 5.78 Å². The van der Waals surface area contributed by atoms with E-state index in [-0.39, 0.29) is 0 Å². The highest BCUT2D eigenvalue weighted by Gasteiger charge is 2.34. The number of carbonyl (C=O) groups excluding carboxylic acids is 1. The molecule has 62 valence electrons. The SMILES string of the molecule is [O-][O+]=C1CC(c2ccccc2)C1. The summed E-state index contributed by atoms with van der Waals surface area (Å²) in [6.45, 7) is 0. The van der Waals surface area contributed by atoms with E-state index in [0.717, 1.165) is 12.8 Å². The van der Waals surface area contributed by atoms with Gasteiger partial charge in [0, 0.05) is 5.92 Å². The molecule has 1 saturated carbocycles. The van der Waals surface area contributed by atoms with Crippen LogP contribution < -0.4 is 5.26 Å². The van der Waals surface area contributed by atoms with Crippen LogP contribution in [0.1, 0.15) is 24.3 Å². The highest BCUT2D eigenvalue weighted by Crippen LogP contribution is 2.33. The third kappa shape index (κ3) is 1.20. The molecule has 0 atom stereocenters. The average molecular weight is 162 g/mol. The number of ketones is 1. The van der Waals surface area contributed by atoms with E-state index < -0.39 is 0 Å². The van der Waals surface area contributed by atoms with Crippen molar-refractivity contribution in [3.05, 3.63) is 35.9 Å². The zero-order chi connectivity index (χ0) is 8.39. The van der Waals surface area contributed by atoms with Crippen LogP contribution in [-0.2, 0) is 4.58 Å². The highest BCUT2D eigenvalue weighted by molar-refractivity contribution is 5.86. The number of benzene rings is 1. The van der Waals surface area contributed by atoms with Gasteiger partial charge in [0.05, 0.1) is 12.8 Å². The zero-order valence-electron chi connectivity index (χ0n) is 6.69. The molecule has 0 aromatic heterocycles. The Balaban J connectivity index is 2.06. The lowest BCUT2D eigenvalue weighted by Crippen LogP contribution is -2.26. The summed E-state index contributed by atoms with van der Waals surface area (Å²) in [5.41, 5.74) is 1.30. The summed E-state index contributed by atoms with van der Waals surface area (Å²) in [5.74, 6) is 1.19. The maximum Gasteiger partial charge on any atom is 0.330 e. The molecule has 1 aromatic carbocycles. The van der Waals surface area contributed by atoms with Crippen molar-refractivity contribution < 1.29 is 9.83 Å². The average Bonchev–Trinajstić information content (AvgIpc) is 2.04. The monoisotopic (exact) mass is 162 g/mol. The van der Waals surface area contributed by atoms with Crippen LogP contribution >= 0.6 is 0 Å². The van der Waals surface area contributed by atoms with Gasteiger partial charge in [-0.05, 0) is 5.56 Å². The Hall–Kier alpha value is -1.31. The van der Waals surface area contributed by atoms with Gasteiger partial charge in [-0.1, -0.05) is 30.3 Å². The summed E-state index contributed by atoms with van der Waals surface area (Å²) in [4.78, 5) is 0. The molecule has 0 spiro atoms. The molecule has 0 amide bonds. The standard InChI is InChI=1S/C10H10O2/c11-12-10-6-9(7-10)8-4-2-1-3-5-8/h1-5,9H,6-7H2. The zero-order valence-corrected chi connectivity index (χ0v) is 6.69. The van der Waals surface area contributed by atoms with Gasteiger partial charge in [-0.2, -0.15) is 4.58 Å². The van der Waals surface area contributed by atoms with E-state index in [4.69, 9.17) is 0 Å². The molecular formula is C10H10O2. The van der Waals surface area contributed by atoms with Gasteiger partial charge in [0.1, 0.15) is 0 Å². The smallest absolute Gasteiger partial charge is 0.330 e. The Morgan fingerprint density at radius 2 is 1.83 bits per heavy atom. The summed E-state index contributed by atoms with van der Waals surface area (Å²) >= 11 is 0. The Morgan fingerprint density at radius 3 is 2.42 bits per heavy atom. The third-order valence-electron chi connectivity index (χ3n) is 2.34. The molecule has 1 aliphatic rings. The first-order chi connectivity index (χ1) is 5.90. The molecule has 1 aliphatic carbocycles. The van der Waals surface area contributed by atoms with Gasteiger partial charge >= 0.3 is 5.78 Å². The third-order valence-corrected chi connectivity index (χ3v) is 2.34. The quantitative estimate of drug-likeness (QED) is 0.344. The Morgan fingerprint density at radius 1 is 1.17 bits per heavy atom. The van der Waals surface area contributed by atoms with Gasteiger partial charge in [0.25, 0.3) is 0 Å². The van der Waals surface area contributed by atoms with E-state index >= 15 is 0 Å². The second kappa shape index (κ2) is 2.97. The van der Waals surface area contributed by atoms with Crippen molar-refractivity contribution >= 4 is 5.78 Å². The van der Waals surface area contributed by atoms with Gasteiger partial charge in [-0.15, -0.1) is 0 Å². The van der Waals surface area contributed by atoms with Gasteiger partial charge in [0.2, 0.25) is 0 Å². The highest BCUT2D eigenvalue weighted by atomic mass is 17.1. The van der Waals surface area contributed by atoms with Crippen molar-refractivity contribution in [2.45, 2.75) is 18.8 Å². The minimum atomic E-state index is 0.509. The van der Waals surface area contributed by atoms with Crippen LogP contribution in [0.2, 0.25) is 0 Å². The van der Waals surface area contributed by atoms with Gasteiger partial charge in [-0.3, -0.25) is 0 Å². The van der Waals surface area contributed by atoms with Crippen molar-refractivity contribution in [1.82, 2.24) is 0 Å². The predicted octanol–water partition coefficient (Wildman–Crippen LogP) is 0.944. The minimum Gasteiger partial charge on any atom is -0.463 e. The first-order valence-corrected chi connectivity index (χ1v) is 4.09. The molecule has 0 unspecified atom stereocenters. The predicted molar refractivity (Wildman–Crippen MR) is 43.4 cm³/mol. The first kappa shape index (κ1) is 7.35. The maximum atomic E-state index is 9.95. The second-order valence-electron chi connectivity index (χ2n) is 3.14. The molecule has 12 heavy (non-hydrogen) atoms. The van der Waals surface area contributed by atoms with Crippen molar-refractivity contribution in [1.29, 1.82) is 0 Å². The van der Waals surface area contributed by atoms with Crippen LogP contribution in [0.4, 0.5) is 0 Å². The fourth-order valence-corrected chi connectivity index (χ4v) is 1.52. The van der Waals surface area contributed by atoms with Crippen LogP contribution in [0.3, 0.4) is 0 Å². The number of hydrogen-bond acceptors (Lipinski definition) is 1. The molecule has 2 heteroatoms. The summed E-state index contributed by atoms with van der Waals surface area (Å²) in [5, 5.41) is 9.95. The Kier molecular flexibility index (Phi) is 1.82. The van der Waals surface area contributed by atoms with Crippen molar-refractivity contribution in [2.24, 2.45) is 0 Å². The van der Waals surface area contributed by atoms with Crippen molar-refractivity contribution in [2.75, 3.05) is 0 Å². The molecule has 0 heterocycles. The van der Waals surface area contributed by atoms with Gasteiger partial charge in [-0.25, -0.2) is 0 Å². The Labute approximate surface area is 71.1 Å². The fourth-order valence-electron chi connectivity index (χ4n) is 1.52. The fraction of sp³-hybridized carbons (Fsp3) is 0.300. The topological polar surface area (TPSA) is 34.4 Å². The maximum absolute atomic E-state index is 9.95. The van der Waals surface area contributed by atoms with E-state index in [9.17, 15) is 5.26 Å². The van der Waals surface area contributed by atoms with E-state index in [1.54, 1.807) is 0 Å². The summed E-state index contributed by atoms with van der Waals surface area (Å²) in [6.07, 6.45) is 1.60. The van der Waals surface area contributed by atoms with Crippen LogP contribution in [0.5, 0.6) is 0 Å². The lowest BCUT2D eigenvalue weighted by Gasteiger charge is -2.20. The summed E-state index contributed by atoms with van der Waals surface area (Å²) in [7, 11) is 0. The second-order valence-corrected chi connectivity index (χ2v) is 3.14. The lowest BCUT2D eigenvalue weighted by molar-refractivity contribution is -1.05. The van der Waals surface area contributed by atoms with Crippen LogP contribution in [0.15, 0.2) is 30.3 Å². The van der Waals surface area contributed by atoms with Crippen molar-refractivity contribution in [3.63, 3.8) is 0 Å². The molecule has 0 bridgehead atoms. The summed E-state index contributed by atoms with van der Waals surface area (Å²) in [6, 6.07) is 10.2. The molecule has 0 radical (unpaired) electrons. The molecule has 0 saturated heterocycles. The molecule has 2 nitrogen and oxygen atoms in total. The normalized spacial score (nSPS) is 21.7. The van der Waals surface area contributed by atoms with E-state index in [2.05, 4.69) is 16.7 Å². The van der Waals surface area contributed by atoms with E-state index in [1.165, 1.54) is 5.56 Å². The first-order valence-electron chi connectivity index (χ1n) is 4.09. The van der Waals surface area contributed by atoms with E-state index in [1.807, 2.05) is 18.2 Å². The number of hydrogen-bond donors (Lipinski definition) is 0. The molecule has 1 aromatic rings. The molecule has 0 N–H and O–H groups in total. The van der Waals surface area contributed by atoms with Gasteiger partial charge < -0.3 is 5.26 Å². The number of rotatable bonds is 1. The van der Waals surface area contributed by atoms with Crippen LogP contribution in [0.25, 0.3) is 0 Å². The van der Waals surface area contributed by atoms with Gasteiger partial charge in [0.15, 0.2) is 0 Å². The molecular weight excluding hydrogens is 152 g/mol. The lowest BCUT2D eigenvalue weighted by atomic mass is 9.79. The van der Waals surface area contributed by atoms with Crippen molar-refractivity contribution in [3.8, 4) is 0 Å². The molecule has 0 aliphatic heterocycles.